The van der Waals surface area contributed by atoms with Crippen LogP contribution >= 0.6 is 23.4 Å². The van der Waals surface area contributed by atoms with E-state index in [2.05, 4.69) is 42.8 Å². The lowest BCUT2D eigenvalue weighted by molar-refractivity contribution is -0.146. The summed E-state index contributed by atoms with van der Waals surface area (Å²) < 4.78 is 8.66. The molecule has 1 saturated heterocycles. The monoisotopic (exact) mass is 596 g/mol. The summed E-state index contributed by atoms with van der Waals surface area (Å²) in [7, 11) is 0. The van der Waals surface area contributed by atoms with E-state index >= 15 is 0 Å². The standard InChI is InChI=1S/C33H41ClN2O4S/c1-32(2,3)41-30-24-17-23(40-29(25-7-6-16-35-25)28(37)21-10-11-21)14-15-26(24)36(19-20-8-12-22(34)13-9-20)27(30)18-33(4,5)31(38)39/h8-9,12-15,17,21,25,29,35H,6-7,10-11,16,18-19H2,1-5H3,(H,38,39)/t25?,29-/m0/s1. The van der Waals surface area contributed by atoms with Crippen molar-refractivity contribution in [2.75, 3.05) is 6.54 Å². The molecule has 2 N–H and O–H groups in total. The van der Waals surface area contributed by atoms with Gasteiger partial charge in [0, 0.05) is 50.1 Å². The van der Waals surface area contributed by atoms with E-state index in [0.717, 1.165) is 59.3 Å². The van der Waals surface area contributed by atoms with Gasteiger partial charge in [-0.05, 0) is 82.0 Å². The van der Waals surface area contributed by atoms with Crippen LogP contribution in [0.15, 0.2) is 47.4 Å². The number of aromatic nitrogens is 1. The van der Waals surface area contributed by atoms with Gasteiger partial charge >= 0.3 is 5.97 Å². The third kappa shape index (κ3) is 6.95. The van der Waals surface area contributed by atoms with Gasteiger partial charge in [0.05, 0.1) is 11.5 Å². The van der Waals surface area contributed by atoms with Gasteiger partial charge in [-0.15, -0.1) is 11.8 Å². The molecule has 8 heteroatoms. The van der Waals surface area contributed by atoms with Crippen LogP contribution in [0, 0.1) is 11.3 Å². The molecule has 0 spiro atoms. The molecule has 2 heterocycles. The molecular formula is C33H41ClN2O4S. The lowest BCUT2D eigenvalue weighted by Crippen LogP contribution is -2.45. The largest absolute Gasteiger partial charge is 0.481 e. The van der Waals surface area contributed by atoms with Crippen LogP contribution in [0.5, 0.6) is 5.75 Å². The van der Waals surface area contributed by atoms with Gasteiger partial charge in [-0.25, -0.2) is 0 Å². The Hall–Kier alpha value is -2.48. The Bertz CT molecular complexity index is 1430. The van der Waals surface area contributed by atoms with Crippen LogP contribution in [-0.4, -0.2) is 44.9 Å². The highest BCUT2D eigenvalue weighted by Crippen LogP contribution is 2.44. The fourth-order valence-corrected chi connectivity index (χ4v) is 6.84. The quantitative estimate of drug-likeness (QED) is 0.225. The first-order valence-electron chi connectivity index (χ1n) is 14.6. The Kier molecular flexibility index (Phi) is 8.53. The summed E-state index contributed by atoms with van der Waals surface area (Å²) in [5, 5.41) is 15.2. The van der Waals surface area contributed by atoms with E-state index < -0.39 is 17.5 Å². The van der Waals surface area contributed by atoms with E-state index in [1.54, 1.807) is 25.6 Å². The normalized spacial score (nSPS) is 18.5. The number of halogens is 1. The number of carboxylic acids is 1. The fourth-order valence-electron chi connectivity index (χ4n) is 5.53. The Balaban J connectivity index is 1.63. The van der Waals surface area contributed by atoms with Crippen molar-refractivity contribution in [3.05, 3.63) is 58.7 Å². The van der Waals surface area contributed by atoms with E-state index in [4.69, 9.17) is 16.3 Å². The SMILES string of the molecule is CC(C)(C)Sc1c(CC(C)(C)C(=O)O)n(Cc2ccc(Cl)cc2)c2ccc(O[C@H](C(=O)C3CC3)C3CCCN3)cc12. The maximum atomic E-state index is 13.3. The molecular weight excluding hydrogens is 556 g/mol. The second kappa shape index (κ2) is 11.7. The van der Waals surface area contributed by atoms with Crippen LogP contribution in [-0.2, 0) is 22.6 Å². The highest BCUT2D eigenvalue weighted by molar-refractivity contribution is 8.00. The Morgan fingerprint density at radius 2 is 1.80 bits per heavy atom. The van der Waals surface area contributed by atoms with E-state index in [1.165, 1.54) is 0 Å². The number of hydrogen-bond acceptors (Lipinski definition) is 5. The van der Waals surface area contributed by atoms with E-state index in [1.807, 2.05) is 30.3 Å². The molecule has 220 valence electrons. The number of hydrogen-bond donors (Lipinski definition) is 2. The molecule has 0 bridgehead atoms. The number of carbonyl (C=O) groups is 2. The first-order valence-corrected chi connectivity index (χ1v) is 15.8. The van der Waals surface area contributed by atoms with Gasteiger partial charge in [0.1, 0.15) is 5.75 Å². The van der Waals surface area contributed by atoms with Crippen molar-refractivity contribution >= 4 is 46.0 Å². The van der Waals surface area contributed by atoms with Crippen molar-refractivity contribution in [1.82, 2.24) is 9.88 Å². The van der Waals surface area contributed by atoms with Crippen molar-refractivity contribution in [3.8, 4) is 5.75 Å². The Morgan fingerprint density at radius 1 is 1.10 bits per heavy atom. The molecule has 2 aliphatic rings. The summed E-state index contributed by atoms with van der Waals surface area (Å²) in [6, 6.07) is 13.9. The van der Waals surface area contributed by atoms with Crippen molar-refractivity contribution in [2.45, 2.75) is 95.1 Å². The molecule has 6 nitrogen and oxygen atoms in total. The number of ketones is 1. The predicted molar refractivity (Wildman–Crippen MR) is 166 cm³/mol. The zero-order chi connectivity index (χ0) is 29.5. The number of benzene rings is 2. The van der Waals surface area contributed by atoms with Gasteiger partial charge in [0.15, 0.2) is 11.9 Å². The zero-order valence-electron chi connectivity index (χ0n) is 24.6. The van der Waals surface area contributed by atoms with Crippen molar-refractivity contribution < 1.29 is 19.4 Å². The smallest absolute Gasteiger partial charge is 0.309 e. The van der Waals surface area contributed by atoms with Crippen molar-refractivity contribution in [2.24, 2.45) is 11.3 Å². The number of carbonyl (C=O) groups excluding carboxylic acids is 1. The molecule has 5 rings (SSSR count). The van der Waals surface area contributed by atoms with Crippen LogP contribution in [0.3, 0.4) is 0 Å². The number of thioether (sulfide) groups is 1. The van der Waals surface area contributed by atoms with Crippen LogP contribution in [0.1, 0.15) is 71.6 Å². The summed E-state index contributed by atoms with van der Waals surface area (Å²) in [4.78, 5) is 26.6. The zero-order valence-corrected chi connectivity index (χ0v) is 26.2. The minimum absolute atomic E-state index is 0.0312. The minimum atomic E-state index is -0.964. The van der Waals surface area contributed by atoms with Gasteiger partial charge in [0.25, 0.3) is 0 Å². The lowest BCUT2D eigenvalue weighted by atomic mass is 9.88. The van der Waals surface area contributed by atoms with Crippen molar-refractivity contribution in [1.29, 1.82) is 0 Å². The summed E-state index contributed by atoms with van der Waals surface area (Å²) in [6.45, 7) is 11.6. The maximum absolute atomic E-state index is 13.3. The summed E-state index contributed by atoms with van der Waals surface area (Å²) in [5.41, 5.74) is 2.12. The number of aliphatic carboxylic acids is 1. The number of nitrogens with one attached hydrogen (secondary N) is 1. The molecule has 2 fully saturated rings. The molecule has 41 heavy (non-hydrogen) atoms. The Morgan fingerprint density at radius 3 is 2.39 bits per heavy atom. The number of ether oxygens (including phenoxy) is 1. The highest BCUT2D eigenvalue weighted by Gasteiger charge is 2.41. The summed E-state index contributed by atoms with van der Waals surface area (Å²) >= 11 is 7.92. The molecule has 0 amide bonds. The van der Waals surface area contributed by atoms with Crippen LogP contribution in [0.2, 0.25) is 5.02 Å². The number of nitrogens with zero attached hydrogens (tertiary/aromatic N) is 1. The van der Waals surface area contributed by atoms with Crippen LogP contribution < -0.4 is 10.1 Å². The molecule has 1 unspecified atom stereocenters. The van der Waals surface area contributed by atoms with E-state index in [0.29, 0.717) is 23.7 Å². The molecule has 1 saturated carbocycles. The maximum Gasteiger partial charge on any atom is 0.309 e. The predicted octanol–water partition coefficient (Wildman–Crippen LogP) is 7.37. The topological polar surface area (TPSA) is 80.6 Å². The Labute approximate surface area is 252 Å². The number of carboxylic acid groups (broad SMARTS) is 1. The summed E-state index contributed by atoms with van der Waals surface area (Å²) in [6.07, 6.45) is 3.75. The van der Waals surface area contributed by atoms with Crippen LogP contribution in [0.4, 0.5) is 0 Å². The average molecular weight is 597 g/mol. The van der Waals surface area contributed by atoms with E-state index in [-0.39, 0.29) is 22.5 Å². The molecule has 1 aromatic heterocycles. The average Bonchev–Trinajstić information content (AvgIpc) is 3.55. The number of rotatable bonds is 11. The van der Waals surface area contributed by atoms with Gasteiger partial charge in [-0.1, -0.05) is 44.5 Å². The number of Topliss-reactive ketones (excluding diaryl/α,β-unsaturated/α-hetero) is 1. The third-order valence-corrected chi connectivity index (χ3v) is 9.45. The summed E-state index contributed by atoms with van der Waals surface area (Å²) in [5.74, 6) is 0.164. The first-order chi connectivity index (χ1) is 19.3. The first kappa shape index (κ1) is 30.0. The molecule has 0 radical (unpaired) electrons. The second-order valence-electron chi connectivity index (χ2n) is 13.2. The number of fused-ring (bicyclic) bond motifs is 1. The minimum Gasteiger partial charge on any atom is -0.481 e. The van der Waals surface area contributed by atoms with Gasteiger partial charge in [-0.2, -0.15) is 0 Å². The van der Waals surface area contributed by atoms with Gasteiger partial charge in [-0.3, -0.25) is 9.59 Å². The molecule has 2 aromatic carbocycles. The fraction of sp³-hybridized carbons (Fsp3) is 0.515. The molecule has 3 aromatic rings. The molecule has 2 atom stereocenters. The van der Waals surface area contributed by atoms with Gasteiger partial charge in [0.2, 0.25) is 0 Å². The lowest BCUT2D eigenvalue weighted by Gasteiger charge is -2.24. The second-order valence-corrected chi connectivity index (χ2v) is 15.4. The highest BCUT2D eigenvalue weighted by atomic mass is 35.5. The van der Waals surface area contributed by atoms with Gasteiger partial charge < -0.3 is 19.7 Å². The van der Waals surface area contributed by atoms with Crippen LogP contribution in [0.25, 0.3) is 10.9 Å². The van der Waals surface area contributed by atoms with E-state index in [9.17, 15) is 14.7 Å². The molecule has 1 aliphatic carbocycles. The molecule has 1 aliphatic heterocycles. The third-order valence-electron chi connectivity index (χ3n) is 7.93. The van der Waals surface area contributed by atoms with Crippen molar-refractivity contribution in [3.63, 3.8) is 0 Å².